The van der Waals surface area contributed by atoms with Crippen molar-refractivity contribution in [3.63, 3.8) is 0 Å². The molecule has 0 radical (unpaired) electrons. The van der Waals surface area contributed by atoms with Gasteiger partial charge in [-0.1, -0.05) is 20.3 Å². The van der Waals surface area contributed by atoms with Crippen molar-refractivity contribution >= 4 is 5.97 Å². The predicted molar refractivity (Wildman–Crippen MR) is 93.3 cm³/mol. The van der Waals surface area contributed by atoms with Crippen molar-refractivity contribution in [2.45, 2.75) is 84.7 Å². The lowest BCUT2D eigenvalue weighted by molar-refractivity contribution is -0.185. The molecule has 0 amide bonds. The topological polar surface area (TPSA) is 46.5 Å². The molecular formula is C21H34O3. The maximum Gasteiger partial charge on any atom is 0.311 e. The summed E-state index contributed by atoms with van der Waals surface area (Å²) in [4.78, 5) is 12.6. The first kappa shape index (κ1) is 16.9. The highest BCUT2D eigenvalue weighted by atomic mass is 16.5. The van der Waals surface area contributed by atoms with Gasteiger partial charge in [-0.15, -0.1) is 0 Å². The van der Waals surface area contributed by atoms with Crippen molar-refractivity contribution in [1.29, 1.82) is 0 Å². The zero-order valence-corrected chi connectivity index (χ0v) is 15.9. The Labute approximate surface area is 146 Å². The van der Waals surface area contributed by atoms with Crippen LogP contribution in [0, 0.1) is 33.5 Å². The van der Waals surface area contributed by atoms with E-state index in [-0.39, 0.29) is 28.3 Å². The minimum atomic E-state index is -0.318. The van der Waals surface area contributed by atoms with E-state index in [0.717, 1.165) is 32.1 Å². The molecule has 4 aliphatic rings. The van der Waals surface area contributed by atoms with Crippen molar-refractivity contribution in [2.75, 3.05) is 7.11 Å². The molecular weight excluding hydrogens is 300 g/mol. The van der Waals surface area contributed by atoms with Gasteiger partial charge in [0, 0.05) is 0 Å². The highest BCUT2D eigenvalue weighted by Crippen LogP contribution is 2.73. The van der Waals surface area contributed by atoms with E-state index in [1.165, 1.54) is 25.7 Å². The summed E-state index contributed by atoms with van der Waals surface area (Å²) in [6.45, 7) is 6.93. The predicted octanol–water partition coefficient (Wildman–Crippen LogP) is 4.32. The zero-order valence-electron chi connectivity index (χ0n) is 15.9. The molecule has 0 aliphatic heterocycles. The average molecular weight is 335 g/mol. The van der Waals surface area contributed by atoms with Crippen LogP contribution in [0.2, 0.25) is 0 Å². The number of aliphatic hydroxyl groups is 1. The highest BCUT2D eigenvalue weighted by molar-refractivity contribution is 5.77. The maximum atomic E-state index is 12.6. The van der Waals surface area contributed by atoms with E-state index in [9.17, 15) is 9.90 Å². The molecule has 4 fully saturated rings. The number of hydrogen-bond acceptors (Lipinski definition) is 3. The number of carbonyl (C=O) groups is 1. The molecule has 4 aliphatic carbocycles. The van der Waals surface area contributed by atoms with Crippen LogP contribution in [0.5, 0.6) is 0 Å². The number of rotatable bonds is 1. The van der Waals surface area contributed by atoms with Crippen molar-refractivity contribution in [2.24, 2.45) is 33.5 Å². The number of hydrogen-bond donors (Lipinski definition) is 1. The van der Waals surface area contributed by atoms with Gasteiger partial charge in [0.15, 0.2) is 0 Å². The molecule has 3 nitrogen and oxygen atoms in total. The van der Waals surface area contributed by atoms with E-state index in [0.29, 0.717) is 17.3 Å². The van der Waals surface area contributed by atoms with Gasteiger partial charge in [0.25, 0.3) is 0 Å². The number of carbonyl (C=O) groups excluding carboxylic acids is 1. The lowest BCUT2D eigenvalue weighted by Gasteiger charge is -2.64. The number of aliphatic hydroxyl groups excluding tert-OH is 1. The van der Waals surface area contributed by atoms with Crippen LogP contribution in [-0.2, 0) is 9.53 Å². The SMILES string of the molecule is COC(=O)[C@@]1(C)CCC[C@@]2(C)[C@H]1CC[C@]13CC(O)[C@](C)(CC[C@@H]12)C3. The Bertz CT molecular complexity index is 559. The smallest absolute Gasteiger partial charge is 0.311 e. The van der Waals surface area contributed by atoms with Gasteiger partial charge in [0.05, 0.1) is 18.6 Å². The molecule has 0 heterocycles. The summed E-state index contributed by atoms with van der Waals surface area (Å²) >= 11 is 0. The second-order valence-corrected chi connectivity index (χ2v) is 10.4. The van der Waals surface area contributed by atoms with Crippen LogP contribution in [0.3, 0.4) is 0 Å². The summed E-state index contributed by atoms with van der Waals surface area (Å²) in [5.74, 6) is 1.10. The van der Waals surface area contributed by atoms with Crippen LogP contribution in [0.1, 0.15) is 78.6 Å². The van der Waals surface area contributed by atoms with Crippen LogP contribution in [0.4, 0.5) is 0 Å². The molecule has 2 bridgehead atoms. The largest absolute Gasteiger partial charge is 0.469 e. The Kier molecular flexibility index (Phi) is 3.51. The minimum absolute atomic E-state index is 0.00137. The average Bonchev–Trinajstić information content (AvgIpc) is 2.70. The lowest BCUT2D eigenvalue weighted by atomic mass is 9.40. The molecule has 136 valence electrons. The van der Waals surface area contributed by atoms with Crippen molar-refractivity contribution in [3.8, 4) is 0 Å². The Morgan fingerprint density at radius 1 is 1.04 bits per heavy atom. The Balaban J connectivity index is 1.72. The third-order valence-corrected chi connectivity index (χ3v) is 9.26. The molecule has 1 unspecified atom stereocenters. The highest BCUT2D eigenvalue weighted by Gasteiger charge is 2.68. The number of methoxy groups -OCH3 is 1. The van der Waals surface area contributed by atoms with Crippen molar-refractivity contribution < 1.29 is 14.6 Å². The monoisotopic (exact) mass is 334 g/mol. The quantitative estimate of drug-likeness (QED) is 0.726. The minimum Gasteiger partial charge on any atom is -0.469 e. The first-order valence-electron chi connectivity index (χ1n) is 9.97. The first-order chi connectivity index (χ1) is 11.2. The molecule has 4 rings (SSSR count). The van der Waals surface area contributed by atoms with Gasteiger partial charge >= 0.3 is 5.97 Å². The van der Waals surface area contributed by atoms with Crippen molar-refractivity contribution in [1.82, 2.24) is 0 Å². The van der Waals surface area contributed by atoms with Crippen LogP contribution in [0.15, 0.2) is 0 Å². The molecule has 4 saturated carbocycles. The molecule has 0 aromatic rings. The fourth-order valence-corrected chi connectivity index (χ4v) is 8.21. The Morgan fingerprint density at radius 2 is 1.75 bits per heavy atom. The summed E-state index contributed by atoms with van der Waals surface area (Å²) in [6, 6.07) is 0. The Morgan fingerprint density at radius 3 is 2.46 bits per heavy atom. The molecule has 7 atom stereocenters. The van der Waals surface area contributed by atoms with Gasteiger partial charge in [-0.3, -0.25) is 4.79 Å². The fraction of sp³-hybridized carbons (Fsp3) is 0.952. The number of fused-ring (bicyclic) bond motifs is 3. The van der Waals surface area contributed by atoms with E-state index in [1.54, 1.807) is 7.11 Å². The summed E-state index contributed by atoms with van der Waals surface area (Å²) in [7, 11) is 1.54. The zero-order chi connectivity index (χ0) is 17.4. The van der Waals surface area contributed by atoms with E-state index < -0.39 is 0 Å². The number of esters is 1. The van der Waals surface area contributed by atoms with Crippen LogP contribution < -0.4 is 0 Å². The summed E-state index contributed by atoms with van der Waals surface area (Å²) in [5, 5.41) is 10.7. The summed E-state index contributed by atoms with van der Waals surface area (Å²) < 4.78 is 5.24. The van der Waals surface area contributed by atoms with E-state index >= 15 is 0 Å². The van der Waals surface area contributed by atoms with E-state index in [2.05, 4.69) is 20.8 Å². The molecule has 0 aromatic carbocycles. The van der Waals surface area contributed by atoms with Crippen LogP contribution in [-0.4, -0.2) is 24.3 Å². The molecule has 1 spiro atoms. The second-order valence-electron chi connectivity index (χ2n) is 10.4. The van der Waals surface area contributed by atoms with Gasteiger partial charge < -0.3 is 9.84 Å². The van der Waals surface area contributed by atoms with E-state index in [4.69, 9.17) is 4.74 Å². The normalized spacial score (nSPS) is 56.3. The van der Waals surface area contributed by atoms with E-state index in [1.807, 2.05) is 0 Å². The molecule has 3 heteroatoms. The summed E-state index contributed by atoms with van der Waals surface area (Å²) in [6.07, 6.45) is 10.1. The molecule has 1 N–H and O–H groups in total. The van der Waals surface area contributed by atoms with Crippen LogP contribution in [0.25, 0.3) is 0 Å². The molecule has 0 saturated heterocycles. The first-order valence-corrected chi connectivity index (χ1v) is 9.97. The van der Waals surface area contributed by atoms with Gasteiger partial charge in [-0.05, 0) is 86.4 Å². The third kappa shape index (κ3) is 1.91. The standard InChI is InChI=1S/C21H34O3/c1-18-10-6-15-19(2)8-5-9-20(3,17(23)24-4)14(19)7-11-21(15,13-18)12-16(18)22/h14-16,22H,5-13H2,1-4H3/t14-,15-,16?,18-,19+,20+,21-/m1/s1. The molecule has 0 aromatic heterocycles. The molecule has 24 heavy (non-hydrogen) atoms. The second kappa shape index (κ2) is 4.99. The third-order valence-electron chi connectivity index (χ3n) is 9.26. The van der Waals surface area contributed by atoms with Gasteiger partial charge in [0.2, 0.25) is 0 Å². The summed E-state index contributed by atoms with van der Waals surface area (Å²) in [5.41, 5.74) is 0.373. The van der Waals surface area contributed by atoms with Crippen LogP contribution >= 0.6 is 0 Å². The fourth-order valence-electron chi connectivity index (χ4n) is 8.21. The maximum absolute atomic E-state index is 12.6. The van der Waals surface area contributed by atoms with Gasteiger partial charge in [-0.2, -0.15) is 0 Å². The Hall–Kier alpha value is -0.570. The van der Waals surface area contributed by atoms with Gasteiger partial charge in [0.1, 0.15) is 0 Å². The lowest BCUT2D eigenvalue weighted by Crippen LogP contribution is -2.58. The number of ether oxygens (including phenoxy) is 1. The van der Waals surface area contributed by atoms with Crippen molar-refractivity contribution in [3.05, 3.63) is 0 Å². The van der Waals surface area contributed by atoms with Gasteiger partial charge in [-0.25, -0.2) is 0 Å².